The van der Waals surface area contributed by atoms with Crippen molar-refractivity contribution in [2.45, 2.75) is 18.2 Å². The molecule has 0 saturated carbocycles. The van der Waals surface area contributed by atoms with Crippen LogP contribution in [0.2, 0.25) is 0 Å². The average Bonchev–Trinajstić information content (AvgIpc) is 2.96. The maximum Gasteiger partial charge on any atom is 0.240 e. The third kappa shape index (κ3) is 4.41. The van der Waals surface area contributed by atoms with E-state index in [0.717, 1.165) is 15.8 Å². The van der Waals surface area contributed by atoms with Crippen molar-refractivity contribution in [2.75, 3.05) is 11.9 Å². The maximum atomic E-state index is 12.1. The minimum Gasteiger partial charge on any atom is -0.302 e. The number of hydrogen-bond donors (Lipinski definition) is 2. The van der Waals surface area contributed by atoms with E-state index >= 15 is 0 Å². The number of carbonyl (C=O) groups is 1. The minimum atomic E-state index is -3.60. The lowest BCUT2D eigenvalue weighted by Crippen LogP contribution is -2.27. The zero-order valence-corrected chi connectivity index (χ0v) is 15.2. The summed E-state index contributed by atoms with van der Waals surface area (Å²) in [4.78, 5) is 16.5. The Kier molecular flexibility index (Phi) is 5.12. The molecule has 3 rings (SSSR count). The van der Waals surface area contributed by atoms with Crippen molar-refractivity contribution in [1.29, 1.82) is 0 Å². The summed E-state index contributed by atoms with van der Waals surface area (Å²) in [7, 11) is -3.60. The summed E-state index contributed by atoms with van der Waals surface area (Å²) in [6, 6.07) is 13.9. The predicted molar refractivity (Wildman–Crippen MR) is 99.2 cm³/mol. The topological polar surface area (TPSA) is 88.2 Å². The van der Waals surface area contributed by atoms with E-state index < -0.39 is 10.0 Å². The van der Waals surface area contributed by atoms with Gasteiger partial charge in [-0.1, -0.05) is 35.6 Å². The molecule has 0 aliphatic heterocycles. The highest BCUT2D eigenvalue weighted by molar-refractivity contribution is 7.89. The summed E-state index contributed by atoms with van der Waals surface area (Å²) < 4.78 is 27.6. The standard InChI is InChI=1S/C17H17N3O3S2/c1-12-7-8-14-15(11-12)24-17(19-14)20-16(21)9-10-18-25(22,23)13-5-3-2-4-6-13/h2-8,11,18H,9-10H2,1H3,(H,19,20,21). The van der Waals surface area contributed by atoms with Gasteiger partial charge in [-0.15, -0.1) is 0 Å². The first kappa shape index (κ1) is 17.5. The quantitative estimate of drug-likeness (QED) is 0.693. The second-order valence-electron chi connectivity index (χ2n) is 5.50. The zero-order valence-electron chi connectivity index (χ0n) is 13.5. The number of anilines is 1. The molecule has 0 radical (unpaired) electrons. The van der Waals surface area contributed by atoms with Crippen LogP contribution < -0.4 is 10.0 Å². The third-order valence-corrected chi connectivity index (χ3v) is 5.90. The summed E-state index contributed by atoms with van der Waals surface area (Å²) >= 11 is 1.39. The first-order valence-electron chi connectivity index (χ1n) is 7.66. The van der Waals surface area contributed by atoms with Gasteiger partial charge in [0.15, 0.2) is 5.13 Å². The molecule has 2 N–H and O–H groups in total. The number of nitrogens with zero attached hydrogens (tertiary/aromatic N) is 1. The van der Waals surface area contributed by atoms with Crippen molar-refractivity contribution >= 4 is 42.6 Å². The Labute approximate surface area is 150 Å². The van der Waals surface area contributed by atoms with Gasteiger partial charge in [-0.2, -0.15) is 0 Å². The van der Waals surface area contributed by atoms with Gasteiger partial charge in [0.25, 0.3) is 0 Å². The van der Waals surface area contributed by atoms with Crippen LogP contribution in [-0.2, 0) is 14.8 Å². The molecular formula is C17H17N3O3S2. The van der Waals surface area contributed by atoms with Crippen molar-refractivity contribution in [1.82, 2.24) is 9.71 Å². The molecule has 25 heavy (non-hydrogen) atoms. The molecule has 8 heteroatoms. The Balaban J connectivity index is 1.55. The van der Waals surface area contributed by atoms with Crippen LogP contribution in [0.5, 0.6) is 0 Å². The number of rotatable bonds is 6. The van der Waals surface area contributed by atoms with Gasteiger partial charge in [0, 0.05) is 13.0 Å². The molecule has 130 valence electrons. The largest absolute Gasteiger partial charge is 0.302 e. The highest BCUT2D eigenvalue weighted by Crippen LogP contribution is 2.26. The average molecular weight is 375 g/mol. The summed E-state index contributed by atoms with van der Waals surface area (Å²) in [6.45, 7) is 2.02. The van der Waals surface area contributed by atoms with Gasteiger partial charge >= 0.3 is 0 Å². The SMILES string of the molecule is Cc1ccc2nc(NC(=O)CCNS(=O)(=O)c3ccccc3)sc2c1. The van der Waals surface area contributed by atoms with Crippen LogP contribution in [0, 0.1) is 6.92 Å². The summed E-state index contributed by atoms with van der Waals surface area (Å²) in [5, 5.41) is 3.22. The van der Waals surface area contributed by atoms with E-state index in [1.54, 1.807) is 18.2 Å². The molecule has 1 heterocycles. The number of amides is 1. The van der Waals surface area contributed by atoms with E-state index in [2.05, 4.69) is 15.0 Å². The molecule has 6 nitrogen and oxygen atoms in total. The fourth-order valence-electron chi connectivity index (χ4n) is 2.25. The van der Waals surface area contributed by atoms with Crippen molar-refractivity contribution in [3.8, 4) is 0 Å². The number of sulfonamides is 1. The molecule has 0 spiro atoms. The van der Waals surface area contributed by atoms with Crippen molar-refractivity contribution in [2.24, 2.45) is 0 Å². The molecule has 0 bridgehead atoms. The molecule has 3 aromatic rings. The highest BCUT2D eigenvalue weighted by Gasteiger charge is 2.14. The third-order valence-electron chi connectivity index (χ3n) is 3.49. The van der Waals surface area contributed by atoms with Gasteiger partial charge < -0.3 is 5.32 Å². The summed E-state index contributed by atoms with van der Waals surface area (Å²) in [6.07, 6.45) is 0.0288. The van der Waals surface area contributed by atoms with Crippen molar-refractivity contribution in [3.05, 3.63) is 54.1 Å². The van der Waals surface area contributed by atoms with Crippen LogP contribution in [0.1, 0.15) is 12.0 Å². The molecule has 0 aliphatic rings. The fourth-order valence-corrected chi connectivity index (χ4v) is 4.28. The second-order valence-corrected chi connectivity index (χ2v) is 8.30. The Bertz CT molecular complexity index is 998. The van der Waals surface area contributed by atoms with Crippen LogP contribution in [0.25, 0.3) is 10.2 Å². The number of benzene rings is 2. The lowest BCUT2D eigenvalue weighted by Gasteiger charge is -2.06. The first-order chi connectivity index (χ1) is 11.9. The van der Waals surface area contributed by atoms with Gasteiger partial charge in [-0.25, -0.2) is 18.1 Å². The Hall–Kier alpha value is -2.29. The molecular weight excluding hydrogens is 358 g/mol. The van der Waals surface area contributed by atoms with Crippen LogP contribution in [0.3, 0.4) is 0 Å². The normalized spacial score (nSPS) is 11.6. The number of aromatic nitrogens is 1. The lowest BCUT2D eigenvalue weighted by molar-refractivity contribution is -0.116. The number of aryl methyl sites for hydroxylation is 1. The van der Waals surface area contributed by atoms with E-state index in [-0.39, 0.29) is 23.8 Å². The fraction of sp³-hybridized carbons (Fsp3) is 0.176. The van der Waals surface area contributed by atoms with Gasteiger partial charge in [-0.3, -0.25) is 4.79 Å². The van der Waals surface area contributed by atoms with E-state index in [9.17, 15) is 13.2 Å². The smallest absolute Gasteiger partial charge is 0.240 e. The van der Waals surface area contributed by atoms with Gasteiger partial charge in [-0.05, 0) is 36.8 Å². The van der Waals surface area contributed by atoms with Gasteiger partial charge in [0.2, 0.25) is 15.9 Å². The number of fused-ring (bicyclic) bond motifs is 1. The number of carbonyl (C=O) groups excluding carboxylic acids is 1. The molecule has 1 aromatic heterocycles. The van der Waals surface area contributed by atoms with Crippen LogP contribution in [-0.4, -0.2) is 25.9 Å². The molecule has 2 aromatic carbocycles. The Morgan fingerprint density at radius 1 is 1.16 bits per heavy atom. The molecule has 1 amide bonds. The first-order valence-corrected chi connectivity index (χ1v) is 9.96. The molecule has 0 atom stereocenters. The monoisotopic (exact) mass is 375 g/mol. The van der Waals surface area contributed by atoms with Gasteiger partial charge in [0.05, 0.1) is 15.1 Å². The lowest BCUT2D eigenvalue weighted by atomic mass is 10.2. The summed E-state index contributed by atoms with van der Waals surface area (Å²) in [5.41, 5.74) is 1.96. The van der Waals surface area contributed by atoms with Crippen LogP contribution in [0.15, 0.2) is 53.4 Å². The van der Waals surface area contributed by atoms with E-state index in [1.165, 1.54) is 23.5 Å². The van der Waals surface area contributed by atoms with E-state index in [1.807, 2.05) is 25.1 Å². The molecule has 0 saturated heterocycles. The predicted octanol–water partition coefficient (Wildman–Crippen LogP) is 2.91. The van der Waals surface area contributed by atoms with Gasteiger partial charge in [0.1, 0.15) is 0 Å². The van der Waals surface area contributed by atoms with Crippen molar-refractivity contribution < 1.29 is 13.2 Å². The molecule has 0 aliphatic carbocycles. The van der Waals surface area contributed by atoms with E-state index in [0.29, 0.717) is 5.13 Å². The minimum absolute atomic E-state index is 0.0209. The number of nitrogens with one attached hydrogen (secondary N) is 2. The second kappa shape index (κ2) is 7.30. The van der Waals surface area contributed by atoms with E-state index in [4.69, 9.17) is 0 Å². The van der Waals surface area contributed by atoms with Crippen LogP contribution >= 0.6 is 11.3 Å². The highest BCUT2D eigenvalue weighted by atomic mass is 32.2. The molecule has 0 fully saturated rings. The number of thiazole rings is 1. The van der Waals surface area contributed by atoms with Crippen LogP contribution in [0.4, 0.5) is 5.13 Å². The number of hydrogen-bond acceptors (Lipinski definition) is 5. The zero-order chi connectivity index (χ0) is 17.9. The Morgan fingerprint density at radius 3 is 2.68 bits per heavy atom. The van der Waals surface area contributed by atoms with Crippen molar-refractivity contribution in [3.63, 3.8) is 0 Å². The maximum absolute atomic E-state index is 12.1. The Morgan fingerprint density at radius 2 is 1.92 bits per heavy atom. The summed E-state index contributed by atoms with van der Waals surface area (Å²) in [5.74, 6) is -0.286. The molecule has 0 unspecified atom stereocenters.